The van der Waals surface area contributed by atoms with Crippen molar-refractivity contribution < 1.29 is 13.3 Å². The first-order chi connectivity index (χ1) is 15.6. The van der Waals surface area contributed by atoms with Gasteiger partial charge in [-0.3, -0.25) is 15.0 Å². The van der Waals surface area contributed by atoms with Gasteiger partial charge in [0.1, 0.15) is 5.69 Å². The molecule has 1 fully saturated rings. The monoisotopic (exact) mass is 495 g/mol. The molecule has 1 saturated heterocycles. The number of nitrogens with zero attached hydrogens (tertiary/aromatic N) is 3. The summed E-state index contributed by atoms with van der Waals surface area (Å²) < 4.78 is 27.5. The summed E-state index contributed by atoms with van der Waals surface area (Å²) in [4.78, 5) is 15.2. The van der Waals surface area contributed by atoms with E-state index in [9.17, 15) is 18.5 Å². The van der Waals surface area contributed by atoms with Crippen molar-refractivity contribution in [2.45, 2.75) is 30.3 Å². The second-order valence-electron chi connectivity index (χ2n) is 8.46. The van der Waals surface area contributed by atoms with Crippen LogP contribution in [0.5, 0.6) is 0 Å². The van der Waals surface area contributed by atoms with Crippen molar-refractivity contribution in [3.05, 3.63) is 63.2 Å². The molecule has 0 aromatic heterocycles. The fourth-order valence-electron chi connectivity index (χ4n) is 3.74. The van der Waals surface area contributed by atoms with E-state index in [-0.39, 0.29) is 23.2 Å². The van der Waals surface area contributed by atoms with Gasteiger partial charge in [-0.1, -0.05) is 23.7 Å². The Kier molecular flexibility index (Phi) is 8.66. The topological polar surface area (TPSA) is 108 Å². The van der Waals surface area contributed by atoms with Gasteiger partial charge in [-0.2, -0.15) is 0 Å². The molecule has 0 amide bonds. The van der Waals surface area contributed by atoms with E-state index < -0.39 is 14.9 Å². The van der Waals surface area contributed by atoms with Crippen LogP contribution in [0.4, 0.5) is 11.4 Å². The summed E-state index contributed by atoms with van der Waals surface area (Å²) in [6.45, 7) is 3.29. The number of likely N-dealkylation sites (N-methyl/N-ethyl adjacent to an activating group) is 1. The first kappa shape index (κ1) is 25.4. The summed E-state index contributed by atoms with van der Waals surface area (Å²) in [5.41, 5.74) is 1.29. The molecule has 9 nitrogen and oxygen atoms in total. The molecule has 2 aromatic rings. The summed E-state index contributed by atoms with van der Waals surface area (Å²) in [6, 6.07) is 11.9. The molecule has 1 aliphatic rings. The number of sulfonamides is 1. The average Bonchev–Trinajstić information content (AvgIpc) is 2.76. The fraction of sp³-hybridized carbons (Fsp3) is 0.455. The maximum atomic E-state index is 12.5. The van der Waals surface area contributed by atoms with Crippen LogP contribution in [0.2, 0.25) is 5.02 Å². The quantitative estimate of drug-likeness (QED) is 0.385. The lowest BCUT2D eigenvalue weighted by atomic mass is 10.0. The molecule has 0 unspecified atom stereocenters. The minimum Gasteiger partial charge on any atom is -0.377 e. The molecule has 0 atom stereocenters. The van der Waals surface area contributed by atoms with Gasteiger partial charge in [0.15, 0.2) is 0 Å². The predicted octanol–water partition coefficient (Wildman–Crippen LogP) is 3.16. The van der Waals surface area contributed by atoms with Gasteiger partial charge in [-0.05, 0) is 56.8 Å². The molecule has 2 N–H and O–H groups in total. The summed E-state index contributed by atoms with van der Waals surface area (Å²) in [5.74, 6) is 0. The molecule has 180 valence electrons. The Morgan fingerprint density at radius 3 is 2.42 bits per heavy atom. The molecule has 2 aromatic carbocycles. The lowest BCUT2D eigenvalue weighted by Crippen LogP contribution is -2.38. The van der Waals surface area contributed by atoms with Crippen molar-refractivity contribution in [3.8, 4) is 0 Å². The summed E-state index contributed by atoms with van der Waals surface area (Å²) in [7, 11) is -0.155. The van der Waals surface area contributed by atoms with Gasteiger partial charge in [0, 0.05) is 49.9 Å². The number of nitro groups is 1. The Balaban J connectivity index is 1.61. The molecule has 11 heteroatoms. The second kappa shape index (κ2) is 11.3. The van der Waals surface area contributed by atoms with Crippen LogP contribution in [0.25, 0.3) is 0 Å². The Morgan fingerprint density at radius 2 is 1.82 bits per heavy atom. The molecule has 1 aliphatic heterocycles. The van der Waals surface area contributed by atoms with Crippen molar-refractivity contribution in [3.63, 3.8) is 0 Å². The van der Waals surface area contributed by atoms with Gasteiger partial charge in [-0.15, -0.1) is 0 Å². The number of piperidine rings is 1. The number of rotatable bonds is 10. The smallest absolute Gasteiger partial charge is 0.293 e. The SMILES string of the molecule is CN(C)CCNS(=O)(=O)c1ccc(NC2CCN(Cc3ccc(Cl)cc3)CC2)c([N+](=O)[O-])c1. The number of hydrogen-bond acceptors (Lipinski definition) is 7. The van der Waals surface area contributed by atoms with E-state index in [0.29, 0.717) is 17.3 Å². The molecular weight excluding hydrogens is 466 g/mol. The van der Waals surface area contributed by atoms with Crippen LogP contribution in [-0.4, -0.2) is 69.5 Å². The number of nitro benzene ring substituents is 1. The van der Waals surface area contributed by atoms with Crippen LogP contribution in [0, 0.1) is 10.1 Å². The molecular formula is C22H30ClN5O4S. The number of likely N-dealkylation sites (tertiary alicyclic amines) is 1. The van der Waals surface area contributed by atoms with Gasteiger partial charge in [-0.25, -0.2) is 13.1 Å². The highest BCUT2D eigenvalue weighted by Gasteiger charge is 2.25. The highest BCUT2D eigenvalue weighted by atomic mass is 35.5. The van der Waals surface area contributed by atoms with Gasteiger partial charge in [0.25, 0.3) is 5.69 Å². The first-order valence-electron chi connectivity index (χ1n) is 10.8. The number of halogens is 1. The third-order valence-electron chi connectivity index (χ3n) is 5.59. The predicted molar refractivity (Wildman–Crippen MR) is 130 cm³/mol. The molecule has 1 heterocycles. The normalized spacial score (nSPS) is 15.6. The molecule has 0 bridgehead atoms. The Bertz CT molecular complexity index is 1050. The van der Waals surface area contributed by atoms with Crippen molar-refractivity contribution in [2.75, 3.05) is 45.6 Å². The third-order valence-corrected chi connectivity index (χ3v) is 7.30. The van der Waals surface area contributed by atoms with E-state index in [1.54, 1.807) is 0 Å². The number of benzene rings is 2. The van der Waals surface area contributed by atoms with Crippen molar-refractivity contribution >= 4 is 33.0 Å². The van der Waals surface area contributed by atoms with Gasteiger partial charge < -0.3 is 10.2 Å². The van der Waals surface area contributed by atoms with Crippen molar-refractivity contribution in [1.82, 2.24) is 14.5 Å². The lowest BCUT2D eigenvalue weighted by molar-refractivity contribution is -0.384. The van der Waals surface area contributed by atoms with Crippen LogP contribution in [-0.2, 0) is 16.6 Å². The third kappa shape index (κ3) is 7.38. The van der Waals surface area contributed by atoms with E-state index in [0.717, 1.165) is 38.5 Å². The zero-order valence-electron chi connectivity index (χ0n) is 18.8. The summed E-state index contributed by atoms with van der Waals surface area (Å²) in [6.07, 6.45) is 1.66. The number of hydrogen-bond donors (Lipinski definition) is 2. The Labute approximate surface area is 199 Å². The molecule has 0 saturated carbocycles. The molecule has 0 radical (unpaired) electrons. The second-order valence-corrected chi connectivity index (χ2v) is 10.7. The van der Waals surface area contributed by atoms with Crippen LogP contribution < -0.4 is 10.0 Å². The largest absolute Gasteiger partial charge is 0.377 e. The highest BCUT2D eigenvalue weighted by molar-refractivity contribution is 7.89. The van der Waals surface area contributed by atoms with Gasteiger partial charge in [0.2, 0.25) is 10.0 Å². The first-order valence-corrected chi connectivity index (χ1v) is 12.7. The van der Waals surface area contributed by atoms with E-state index in [1.165, 1.54) is 17.7 Å². The van der Waals surface area contributed by atoms with Crippen LogP contribution in [0.15, 0.2) is 47.4 Å². The molecule has 0 aliphatic carbocycles. The van der Waals surface area contributed by atoms with Crippen LogP contribution >= 0.6 is 11.6 Å². The minimum absolute atomic E-state index is 0.0749. The lowest BCUT2D eigenvalue weighted by Gasteiger charge is -2.32. The standard InChI is InChI=1S/C22H30ClN5O4S/c1-26(2)14-11-24-33(31,32)20-7-8-21(22(15-20)28(29)30)25-19-9-12-27(13-10-19)16-17-3-5-18(23)6-4-17/h3-8,15,19,24-25H,9-14,16H2,1-2H3. The van der Waals surface area contributed by atoms with E-state index in [2.05, 4.69) is 14.9 Å². The Morgan fingerprint density at radius 1 is 1.15 bits per heavy atom. The van der Waals surface area contributed by atoms with Crippen molar-refractivity contribution in [2.24, 2.45) is 0 Å². The zero-order valence-corrected chi connectivity index (χ0v) is 20.4. The average molecular weight is 496 g/mol. The maximum Gasteiger partial charge on any atom is 0.293 e. The maximum absolute atomic E-state index is 12.5. The number of anilines is 1. The number of nitrogens with one attached hydrogen (secondary N) is 2. The zero-order chi connectivity index (χ0) is 24.0. The van der Waals surface area contributed by atoms with E-state index in [4.69, 9.17) is 11.6 Å². The molecule has 0 spiro atoms. The fourth-order valence-corrected chi connectivity index (χ4v) is 4.91. The van der Waals surface area contributed by atoms with Crippen molar-refractivity contribution in [1.29, 1.82) is 0 Å². The van der Waals surface area contributed by atoms with Crippen LogP contribution in [0.3, 0.4) is 0 Å². The van der Waals surface area contributed by atoms with Gasteiger partial charge >= 0.3 is 0 Å². The van der Waals surface area contributed by atoms with E-state index >= 15 is 0 Å². The summed E-state index contributed by atoms with van der Waals surface area (Å²) in [5, 5.41) is 15.6. The van der Waals surface area contributed by atoms with Gasteiger partial charge in [0.05, 0.1) is 9.82 Å². The molecule has 33 heavy (non-hydrogen) atoms. The van der Waals surface area contributed by atoms with E-state index in [1.807, 2.05) is 43.3 Å². The molecule has 3 rings (SSSR count). The Hall–Kier alpha value is -2.24. The minimum atomic E-state index is -3.83. The summed E-state index contributed by atoms with van der Waals surface area (Å²) >= 11 is 5.95. The van der Waals surface area contributed by atoms with Crippen LogP contribution in [0.1, 0.15) is 18.4 Å². The highest BCUT2D eigenvalue weighted by Crippen LogP contribution is 2.29.